The Morgan fingerprint density at radius 2 is 1.85 bits per heavy atom. The summed E-state index contributed by atoms with van der Waals surface area (Å²) in [6.07, 6.45) is 0. The molecular weight excluding hydrogens is 271 g/mol. The van der Waals surface area contributed by atoms with Gasteiger partial charge in [-0.05, 0) is 23.8 Å². The largest absolute Gasteiger partial charge is 0.326 e. The highest BCUT2D eigenvalue weighted by Crippen LogP contribution is 2.29. The molecule has 0 bridgehead atoms. The van der Waals surface area contributed by atoms with Gasteiger partial charge in [0, 0.05) is 23.1 Å². The van der Waals surface area contributed by atoms with Gasteiger partial charge in [-0.2, -0.15) is 0 Å². The number of hydrogen-bond donors (Lipinski definition) is 1. The van der Waals surface area contributed by atoms with Gasteiger partial charge in [0.2, 0.25) is 0 Å². The monoisotopic (exact) mass is 284 g/mol. The van der Waals surface area contributed by atoms with Crippen molar-refractivity contribution >= 4 is 11.3 Å². The van der Waals surface area contributed by atoms with Gasteiger partial charge in [-0.3, -0.25) is 0 Å². The number of thiazole rings is 1. The smallest absolute Gasteiger partial charge is 0.124 e. The van der Waals surface area contributed by atoms with Crippen LogP contribution in [0.3, 0.4) is 0 Å². The second kappa shape index (κ2) is 5.53. The van der Waals surface area contributed by atoms with Gasteiger partial charge in [0.1, 0.15) is 10.8 Å². The average molecular weight is 284 g/mol. The molecule has 0 aliphatic heterocycles. The van der Waals surface area contributed by atoms with Crippen LogP contribution in [-0.2, 0) is 6.54 Å². The summed E-state index contributed by atoms with van der Waals surface area (Å²) in [6, 6.07) is 14.5. The highest BCUT2D eigenvalue weighted by Gasteiger charge is 2.07. The van der Waals surface area contributed by atoms with E-state index in [9.17, 15) is 4.39 Å². The summed E-state index contributed by atoms with van der Waals surface area (Å²) in [5.41, 5.74) is 9.45. The summed E-state index contributed by atoms with van der Waals surface area (Å²) in [5, 5.41) is 2.80. The third-order valence-electron chi connectivity index (χ3n) is 3.03. The minimum absolute atomic E-state index is 0.246. The van der Waals surface area contributed by atoms with E-state index in [0.717, 1.165) is 27.4 Å². The zero-order valence-electron chi connectivity index (χ0n) is 10.7. The molecule has 3 rings (SSSR count). The van der Waals surface area contributed by atoms with Crippen molar-refractivity contribution < 1.29 is 4.39 Å². The summed E-state index contributed by atoms with van der Waals surface area (Å²) >= 11 is 1.51. The standard InChI is InChI=1S/C16H13FN2S/c17-14-6-2-5-13(8-14)16-19-15(10-20-16)12-4-1-3-11(7-12)9-18/h1-8,10H,9,18H2. The Kier molecular flexibility index (Phi) is 3.58. The molecule has 2 N–H and O–H groups in total. The molecule has 1 aromatic heterocycles. The van der Waals surface area contributed by atoms with Crippen LogP contribution in [0.2, 0.25) is 0 Å². The van der Waals surface area contributed by atoms with Crippen LogP contribution in [-0.4, -0.2) is 4.98 Å². The molecule has 0 saturated heterocycles. The maximum absolute atomic E-state index is 13.2. The van der Waals surface area contributed by atoms with Crippen molar-refractivity contribution in [3.63, 3.8) is 0 Å². The maximum Gasteiger partial charge on any atom is 0.124 e. The quantitative estimate of drug-likeness (QED) is 0.787. The predicted octanol–water partition coefficient (Wildman–Crippen LogP) is 4.07. The molecule has 0 fully saturated rings. The van der Waals surface area contributed by atoms with Crippen molar-refractivity contribution in [2.45, 2.75) is 6.54 Å². The first kappa shape index (κ1) is 13.0. The number of nitrogens with zero attached hydrogens (tertiary/aromatic N) is 1. The number of nitrogens with two attached hydrogens (primary N) is 1. The Balaban J connectivity index is 1.97. The first-order chi connectivity index (χ1) is 9.76. The third kappa shape index (κ3) is 2.61. The summed E-state index contributed by atoms with van der Waals surface area (Å²) in [6.45, 7) is 0.509. The lowest BCUT2D eigenvalue weighted by molar-refractivity contribution is 0.628. The van der Waals surface area contributed by atoms with Crippen molar-refractivity contribution in [1.29, 1.82) is 0 Å². The van der Waals surface area contributed by atoms with Crippen LogP contribution >= 0.6 is 11.3 Å². The molecule has 1 heterocycles. The lowest BCUT2D eigenvalue weighted by Gasteiger charge is -2.00. The van der Waals surface area contributed by atoms with Gasteiger partial charge in [0.05, 0.1) is 5.69 Å². The fourth-order valence-corrected chi connectivity index (χ4v) is 2.84. The Hall–Kier alpha value is -2.04. The lowest BCUT2D eigenvalue weighted by Crippen LogP contribution is -1.95. The van der Waals surface area contributed by atoms with Crippen LogP contribution in [0.4, 0.5) is 4.39 Å². The molecule has 0 amide bonds. The highest BCUT2D eigenvalue weighted by molar-refractivity contribution is 7.13. The molecule has 3 aromatic rings. The minimum Gasteiger partial charge on any atom is -0.326 e. The van der Waals surface area contributed by atoms with Gasteiger partial charge < -0.3 is 5.73 Å². The third-order valence-corrected chi connectivity index (χ3v) is 3.93. The van der Waals surface area contributed by atoms with Crippen molar-refractivity contribution in [2.75, 3.05) is 0 Å². The number of hydrogen-bond acceptors (Lipinski definition) is 3. The topological polar surface area (TPSA) is 38.9 Å². The number of aromatic nitrogens is 1. The van der Waals surface area contributed by atoms with Crippen molar-refractivity contribution in [2.24, 2.45) is 5.73 Å². The van der Waals surface area contributed by atoms with E-state index in [-0.39, 0.29) is 5.82 Å². The molecule has 4 heteroatoms. The van der Waals surface area contributed by atoms with E-state index in [0.29, 0.717) is 6.54 Å². The summed E-state index contributed by atoms with van der Waals surface area (Å²) in [5.74, 6) is -0.246. The predicted molar refractivity (Wildman–Crippen MR) is 80.8 cm³/mol. The molecule has 0 aliphatic rings. The SMILES string of the molecule is NCc1cccc(-c2csc(-c3cccc(F)c3)n2)c1. The summed E-state index contributed by atoms with van der Waals surface area (Å²) in [7, 11) is 0. The molecule has 0 aliphatic carbocycles. The second-order valence-electron chi connectivity index (χ2n) is 4.45. The fourth-order valence-electron chi connectivity index (χ4n) is 2.02. The van der Waals surface area contributed by atoms with E-state index in [1.165, 1.54) is 23.5 Å². The van der Waals surface area contributed by atoms with E-state index in [1.54, 1.807) is 6.07 Å². The molecule has 0 unspecified atom stereocenters. The van der Waals surface area contributed by atoms with E-state index in [4.69, 9.17) is 5.73 Å². The lowest BCUT2D eigenvalue weighted by atomic mass is 10.1. The van der Waals surface area contributed by atoms with Crippen LogP contribution in [0.5, 0.6) is 0 Å². The second-order valence-corrected chi connectivity index (χ2v) is 5.31. The zero-order valence-corrected chi connectivity index (χ0v) is 11.5. The fraction of sp³-hybridized carbons (Fsp3) is 0.0625. The Bertz CT molecular complexity index is 737. The number of benzene rings is 2. The van der Waals surface area contributed by atoms with Gasteiger partial charge >= 0.3 is 0 Å². The van der Waals surface area contributed by atoms with Gasteiger partial charge in [0.25, 0.3) is 0 Å². The van der Waals surface area contributed by atoms with Crippen LogP contribution < -0.4 is 5.73 Å². The molecule has 2 aromatic carbocycles. The molecule has 20 heavy (non-hydrogen) atoms. The Morgan fingerprint density at radius 1 is 1.05 bits per heavy atom. The number of halogens is 1. The van der Waals surface area contributed by atoms with Crippen LogP contribution in [0.25, 0.3) is 21.8 Å². The van der Waals surface area contributed by atoms with E-state index in [1.807, 2.05) is 35.7 Å². The van der Waals surface area contributed by atoms with E-state index < -0.39 is 0 Å². The Morgan fingerprint density at radius 3 is 2.65 bits per heavy atom. The van der Waals surface area contributed by atoms with E-state index >= 15 is 0 Å². The highest BCUT2D eigenvalue weighted by atomic mass is 32.1. The molecule has 100 valence electrons. The Labute approximate surface area is 120 Å². The van der Waals surface area contributed by atoms with Crippen LogP contribution in [0.15, 0.2) is 53.9 Å². The number of rotatable bonds is 3. The van der Waals surface area contributed by atoms with Crippen molar-refractivity contribution in [1.82, 2.24) is 4.98 Å². The van der Waals surface area contributed by atoms with Gasteiger partial charge in [-0.1, -0.05) is 30.3 Å². The van der Waals surface area contributed by atoms with Crippen molar-refractivity contribution in [3.8, 4) is 21.8 Å². The molecule has 2 nitrogen and oxygen atoms in total. The van der Waals surface area contributed by atoms with Gasteiger partial charge in [0.15, 0.2) is 0 Å². The van der Waals surface area contributed by atoms with E-state index in [2.05, 4.69) is 4.98 Å². The first-order valence-corrected chi connectivity index (χ1v) is 7.15. The first-order valence-electron chi connectivity index (χ1n) is 6.27. The van der Waals surface area contributed by atoms with Crippen LogP contribution in [0.1, 0.15) is 5.56 Å². The maximum atomic E-state index is 13.2. The van der Waals surface area contributed by atoms with Gasteiger partial charge in [-0.25, -0.2) is 9.37 Å². The zero-order chi connectivity index (χ0) is 13.9. The molecule has 0 radical (unpaired) electrons. The molecule has 0 spiro atoms. The van der Waals surface area contributed by atoms with Crippen LogP contribution in [0, 0.1) is 5.82 Å². The van der Waals surface area contributed by atoms with Crippen molar-refractivity contribution in [3.05, 3.63) is 65.3 Å². The molecular formula is C16H13FN2S. The minimum atomic E-state index is -0.246. The van der Waals surface area contributed by atoms with Gasteiger partial charge in [-0.15, -0.1) is 11.3 Å². The summed E-state index contributed by atoms with van der Waals surface area (Å²) in [4.78, 5) is 4.58. The summed E-state index contributed by atoms with van der Waals surface area (Å²) < 4.78 is 13.2. The average Bonchev–Trinajstić information content (AvgIpc) is 2.97. The molecule has 0 saturated carbocycles. The normalized spacial score (nSPS) is 10.7. The molecule has 0 atom stereocenters.